The van der Waals surface area contributed by atoms with Crippen LogP contribution in [0.5, 0.6) is 0 Å². The van der Waals surface area contributed by atoms with Gasteiger partial charge in [-0.2, -0.15) is 22.5 Å². The van der Waals surface area contributed by atoms with E-state index in [9.17, 15) is 31.0 Å². The molecule has 14 heteroatoms. The molecule has 3 aromatic rings. The minimum absolute atomic E-state index is 0.00435. The monoisotopic (exact) mass is 551 g/mol. The molecule has 3 atom stereocenters. The number of halogens is 6. The van der Waals surface area contributed by atoms with E-state index in [1.807, 2.05) is 0 Å². The number of nitrogens with zero attached hydrogens (tertiary/aromatic N) is 2. The second kappa shape index (κ2) is 11.0. The molecule has 3 rings (SSSR count). The van der Waals surface area contributed by atoms with Crippen molar-refractivity contribution >= 4 is 28.9 Å². The lowest BCUT2D eigenvalue weighted by atomic mass is 9.97. The van der Waals surface area contributed by atoms with Crippen LogP contribution in [0.25, 0.3) is 5.69 Å². The standard InChI is InChI=1S/C22H19ClF5N3O4S/c1-11(13-3-5-16(19(25)7-13)12(2)35-36(33)34)21(32)29-10-15-9-20(22(26,27)28)30-31(15)14-4-6-18(24)17(23)8-14/h3-9,11-12H,10H2,1-2H3,(H,29,32)(H,33,34). The van der Waals surface area contributed by atoms with Crippen LogP contribution in [0, 0.1) is 11.6 Å². The predicted molar refractivity (Wildman–Crippen MR) is 120 cm³/mol. The van der Waals surface area contributed by atoms with E-state index < -0.39 is 52.8 Å². The lowest BCUT2D eigenvalue weighted by molar-refractivity contribution is -0.141. The molecule has 3 unspecified atom stereocenters. The van der Waals surface area contributed by atoms with Crippen LogP contribution in [0.3, 0.4) is 0 Å². The van der Waals surface area contributed by atoms with Crippen LogP contribution in [0.2, 0.25) is 5.02 Å². The van der Waals surface area contributed by atoms with Gasteiger partial charge in [0.05, 0.1) is 28.9 Å². The zero-order valence-electron chi connectivity index (χ0n) is 18.6. The lowest BCUT2D eigenvalue weighted by Gasteiger charge is -2.16. The van der Waals surface area contributed by atoms with Gasteiger partial charge in [-0.25, -0.2) is 13.5 Å². The van der Waals surface area contributed by atoms with Crippen molar-refractivity contribution in [2.24, 2.45) is 0 Å². The first-order valence-corrected chi connectivity index (χ1v) is 11.7. The first-order valence-electron chi connectivity index (χ1n) is 10.2. The van der Waals surface area contributed by atoms with Crippen molar-refractivity contribution in [2.45, 2.75) is 38.6 Å². The van der Waals surface area contributed by atoms with Crippen LogP contribution in [-0.4, -0.2) is 24.4 Å². The molecule has 194 valence electrons. The summed E-state index contributed by atoms with van der Waals surface area (Å²) < 4.78 is 92.9. The van der Waals surface area contributed by atoms with E-state index >= 15 is 0 Å². The minimum atomic E-state index is -4.77. The highest BCUT2D eigenvalue weighted by atomic mass is 35.5. The quantitative estimate of drug-likeness (QED) is 0.287. The third kappa shape index (κ3) is 6.46. The molecule has 0 aliphatic rings. The van der Waals surface area contributed by atoms with E-state index in [-0.39, 0.29) is 34.1 Å². The average Bonchev–Trinajstić information content (AvgIpc) is 3.23. The highest BCUT2D eigenvalue weighted by molar-refractivity contribution is 7.74. The molecule has 0 saturated heterocycles. The Labute approximate surface area is 209 Å². The van der Waals surface area contributed by atoms with Crippen molar-refractivity contribution in [3.8, 4) is 5.69 Å². The Kier molecular flexibility index (Phi) is 8.49. The summed E-state index contributed by atoms with van der Waals surface area (Å²) in [5.74, 6) is -3.07. The number of amides is 1. The second-order valence-corrected chi connectivity index (χ2v) is 8.74. The molecule has 0 aliphatic carbocycles. The van der Waals surface area contributed by atoms with E-state index in [2.05, 4.69) is 14.6 Å². The molecule has 1 aromatic heterocycles. The molecule has 0 saturated carbocycles. The summed E-state index contributed by atoms with van der Waals surface area (Å²) in [6.07, 6.45) is -5.80. The molecule has 36 heavy (non-hydrogen) atoms. The molecular formula is C22H19ClF5N3O4S. The maximum Gasteiger partial charge on any atom is 0.435 e. The molecule has 1 amide bonds. The molecule has 2 N–H and O–H groups in total. The third-order valence-electron chi connectivity index (χ3n) is 5.25. The zero-order valence-corrected chi connectivity index (χ0v) is 20.2. The summed E-state index contributed by atoms with van der Waals surface area (Å²) in [6, 6.07) is 7.78. The fourth-order valence-corrected chi connectivity index (χ4v) is 3.85. The molecule has 0 fully saturated rings. The number of benzene rings is 2. The van der Waals surface area contributed by atoms with Gasteiger partial charge in [0.1, 0.15) is 17.7 Å². The van der Waals surface area contributed by atoms with Gasteiger partial charge in [-0.05, 0) is 49.7 Å². The van der Waals surface area contributed by atoms with Gasteiger partial charge < -0.3 is 5.32 Å². The summed E-state index contributed by atoms with van der Waals surface area (Å²) >= 11 is 3.14. The number of alkyl halides is 3. The van der Waals surface area contributed by atoms with Crippen LogP contribution in [0.15, 0.2) is 42.5 Å². The Morgan fingerprint density at radius 3 is 2.44 bits per heavy atom. The fourth-order valence-electron chi connectivity index (χ4n) is 3.32. The predicted octanol–water partition coefficient (Wildman–Crippen LogP) is 5.46. The van der Waals surface area contributed by atoms with Crippen molar-refractivity contribution < 1.29 is 39.7 Å². The molecule has 0 bridgehead atoms. The van der Waals surface area contributed by atoms with Crippen molar-refractivity contribution in [1.82, 2.24) is 15.1 Å². The highest BCUT2D eigenvalue weighted by Gasteiger charge is 2.35. The molecule has 7 nitrogen and oxygen atoms in total. The minimum Gasteiger partial charge on any atom is -0.350 e. The maximum atomic E-state index is 14.5. The van der Waals surface area contributed by atoms with Gasteiger partial charge in [-0.3, -0.25) is 13.5 Å². The first kappa shape index (κ1) is 27.7. The van der Waals surface area contributed by atoms with Crippen LogP contribution < -0.4 is 5.32 Å². The molecule has 1 heterocycles. The maximum absolute atomic E-state index is 14.5. The van der Waals surface area contributed by atoms with Crippen molar-refractivity contribution in [1.29, 1.82) is 0 Å². The van der Waals surface area contributed by atoms with Crippen LogP contribution in [-0.2, 0) is 33.1 Å². The van der Waals surface area contributed by atoms with Crippen LogP contribution in [0.1, 0.15) is 48.4 Å². The number of rotatable bonds is 8. The first-order chi connectivity index (χ1) is 16.8. The summed E-state index contributed by atoms with van der Waals surface area (Å²) in [4.78, 5) is 12.7. The van der Waals surface area contributed by atoms with Gasteiger partial charge in [-0.15, -0.1) is 0 Å². The number of hydrogen-bond donors (Lipinski definition) is 2. The Balaban J connectivity index is 1.80. The number of hydrogen-bond acceptors (Lipinski definition) is 4. The van der Waals surface area contributed by atoms with Gasteiger partial charge >= 0.3 is 17.5 Å². The highest BCUT2D eigenvalue weighted by Crippen LogP contribution is 2.30. The smallest absolute Gasteiger partial charge is 0.350 e. The zero-order chi connectivity index (χ0) is 26.8. The second-order valence-electron chi connectivity index (χ2n) is 7.70. The van der Waals surface area contributed by atoms with E-state index in [4.69, 9.17) is 16.2 Å². The van der Waals surface area contributed by atoms with Crippen molar-refractivity contribution in [3.05, 3.63) is 81.6 Å². The van der Waals surface area contributed by atoms with Gasteiger partial charge in [0.15, 0.2) is 5.69 Å². The van der Waals surface area contributed by atoms with Crippen LogP contribution in [0.4, 0.5) is 22.0 Å². The van der Waals surface area contributed by atoms with Gasteiger partial charge in [-0.1, -0.05) is 23.7 Å². The van der Waals surface area contributed by atoms with E-state index in [1.165, 1.54) is 32.0 Å². The summed E-state index contributed by atoms with van der Waals surface area (Å²) in [7, 11) is 0. The van der Waals surface area contributed by atoms with Gasteiger partial charge in [0, 0.05) is 5.56 Å². The van der Waals surface area contributed by atoms with Crippen LogP contribution >= 0.6 is 11.6 Å². The average molecular weight is 552 g/mol. The van der Waals surface area contributed by atoms with E-state index in [0.717, 1.165) is 28.9 Å². The van der Waals surface area contributed by atoms with Crippen molar-refractivity contribution in [3.63, 3.8) is 0 Å². The Bertz CT molecular complexity index is 1300. The van der Waals surface area contributed by atoms with Gasteiger partial charge in [0.25, 0.3) is 0 Å². The number of aromatic nitrogens is 2. The Hall–Kier alpha value is -2.87. The number of carbonyl (C=O) groups excluding carboxylic acids is 1. The third-order valence-corrected chi connectivity index (χ3v) is 5.99. The summed E-state index contributed by atoms with van der Waals surface area (Å²) in [5, 5.41) is 5.68. The lowest BCUT2D eigenvalue weighted by Crippen LogP contribution is -2.28. The van der Waals surface area contributed by atoms with E-state index in [0.29, 0.717) is 0 Å². The SMILES string of the molecule is CC(OS(=O)O)c1ccc(C(C)C(=O)NCc2cc(C(F)(F)F)nn2-c2ccc(F)c(Cl)c2)cc1F. The summed E-state index contributed by atoms with van der Waals surface area (Å²) in [6.45, 7) is 2.45. The molecule has 0 spiro atoms. The fraction of sp³-hybridized carbons (Fsp3) is 0.273. The van der Waals surface area contributed by atoms with Crippen molar-refractivity contribution in [2.75, 3.05) is 0 Å². The number of nitrogens with one attached hydrogen (secondary N) is 1. The van der Waals surface area contributed by atoms with Gasteiger partial charge in [0.2, 0.25) is 5.91 Å². The summed E-state index contributed by atoms with van der Waals surface area (Å²) in [5.41, 5.74) is -0.990. The normalized spacial score (nSPS) is 14.4. The topological polar surface area (TPSA) is 93.4 Å². The molecule has 2 aromatic carbocycles. The number of carbonyl (C=O) groups is 1. The van der Waals surface area contributed by atoms with E-state index in [1.54, 1.807) is 0 Å². The Morgan fingerprint density at radius 1 is 1.17 bits per heavy atom. The largest absolute Gasteiger partial charge is 0.435 e. The molecular weight excluding hydrogens is 533 g/mol. The molecule has 0 aliphatic heterocycles. The Morgan fingerprint density at radius 2 is 1.86 bits per heavy atom. The molecule has 0 radical (unpaired) electrons.